The number of aliphatic carboxylic acids is 1. The number of carboxylic acids is 1. The van der Waals surface area contributed by atoms with Crippen molar-refractivity contribution in [1.29, 1.82) is 0 Å². The van der Waals surface area contributed by atoms with Crippen LogP contribution in [0.4, 0.5) is 18.0 Å². The summed E-state index contributed by atoms with van der Waals surface area (Å²) in [6.45, 7) is 2.19. The summed E-state index contributed by atoms with van der Waals surface area (Å²) in [5.41, 5.74) is 0. The van der Waals surface area contributed by atoms with Crippen LogP contribution in [0.1, 0.15) is 90.4 Å². The highest BCUT2D eigenvalue weighted by Gasteiger charge is 2.42. The van der Waals surface area contributed by atoms with E-state index in [2.05, 4.69) is 11.7 Å². The Kier molecular flexibility index (Phi) is 20.2. The molecule has 3 N–H and O–H groups in total. The highest BCUT2D eigenvalue weighted by molar-refractivity contribution is 8.00. The Balaban J connectivity index is 5.13. The maximum atomic E-state index is 12.9. The maximum absolute atomic E-state index is 12.9. The lowest BCUT2D eigenvalue weighted by Gasteiger charge is -2.25. The van der Waals surface area contributed by atoms with Crippen LogP contribution >= 0.6 is 11.8 Å². The molecule has 0 aliphatic rings. The van der Waals surface area contributed by atoms with Gasteiger partial charge in [-0.3, -0.25) is 14.4 Å². The molecule has 3 amide bonds. The number of rotatable bonds is 21. The number of unbranched alkanes of at least 4 members (excludes halogenated alkanes) is 10. The Morgan fingerprint density at radius 3 is 2.05 bits per heavy atom. The minimum absolute atomic E-state index is 0.120. The molecule has 3 atom stereocenters. The second-order valence-electron chi connectivity index (χ2n) is 9.59. The number of allylic oxidation sites excluding steroid dienone is 1. The molecule has 0 aromatic carbocycles. The Bertz CT molecular complexity index is 797. The molecule has 0 saturated carbocycles. The molecule has 0 rings (SSSR count). The molecular formula is C27H45F3N2O7S. The van der Waals surface area contributed by atoms with Crippen LogP contribution in [0.2, 0.25) is 0 Å². The number of halogens is 3. The number of ether oxygens (including phenoxy) is 1. The molecule has 0 radical (unpaired) electrons. The van der Waals surface area contributed by atoms with E-state index in [1.807, 2.05) is 6.08 Å². The van der Waals surface area contributed by atoms with E-state index in [1.165, 1.54) is 44.9 Å². The average molecular weight is 599 g/mol. The van der Waals surface area contributed by atoms with Crippen LogP contribution in [-0.2, 0) is 19.1 Å². The van der Waals surface area contributed by atoms with Gasteiger partial charge in [-0.2, -0.15) is 13.2 Å². The van der Waals surface area contributed by atoms with E-state index < -0.39 is 53.2 Å². The molecule has 13 heteroatoms. The summed E-state index contributed by atoms with van der Waals surface area (Å²) in [4.78, 5) is 47.3. The van der Waals surface area contributed by atoms with E-state index in [0.717, 1.165) is 45.2 Å². The van der Waals surface area contributed by atoms with Gasteiger partial charge in [0.05, 0.1) is 13.2 Å². The first-order valence-corrected chi connectivity index (χ1v) is 14.8. The lowest BCUT2D eigenvalue weighted by atomic mass is 10.1. The van der Waals surface area contributed by atoms with E-state index in [9.17, 15) is 37.5 Å². The quantitative estimate of drug-likeness (QED) is 0.117. The number of carbonyl (C=O) groups excluding carboxylic acids is 3. The molecule has 0 aliphatic heterocycles. The zero-order valence-electron chi connectivity index (χ0n) is 23.7. The van der Waals surface area contributed by atoms with Crippen LogP contribution in [0.25, 0.3) is 0 Å². The number of aliphatic hydroxyl groups is 1. The minimum Gasteiger partial charge on any atom is -0.481 e. The molecular weight excluding hydrogens is 553 g/mol. The number of hydrogen-bond donors (Lipinski definition) is 3. The van der Waals surface area contributed by atoms with E-state index in [1.54, 1.807) is 11.4 Å². The highest BCUT2D eigenvalue weighted by Crippen LogP contribution is 2.23. The highest BCUT2D eigenvalue weighted by atomic mass is 32.2. The third-order valence-corrected chi connectivity index (χ3v) is 7.56. The Hall–Kier alpha value is -2.28. The summed E-state index contributed by atoms with van der Waals surface area (Å²) in [5.74, 6) is -5.03. The molecule has 0 spiro atoms. The van der Waals surface area contributed by atoms with Gasteiger partial charge in [-0.1, -0.05) is 76.9 Å². The van der Waals surface area contributed by atoms with Gasteiger partial charge in [0.25, 0.3) is 5.91 Å². The molecule has 3 unspecified atom stereocenters. The normalized spacial score (nSPS) is 14.0. The van der Waals surface area contributed by atoms with Crippen LogP contribution in [0.3, 0.4) is 0 Å². The van der Waals surface area contributed by atoms with Crippen LogP contribution in [0.5, 0.6) is 0 Å². The number of alkyl halides is 3. The van der Waals surface area contributed by atoms with Crippen molar-refractivity contribution in [2.45, 2.75) is 114 Å². The second-order valence-corrected chi connectivity index (χ2v) is 10.8. The minimum atomic E-state index is -5.26. The summed E-state index contributed by atoms with van der Waals surface area (Å²) < 4.78 is 43.0. The molecule has 0 aliphatic carbocycles. The second kappa shape index (κ2) is 21.5. The molecule has 0 saturated heterocycles. The number of methoxy groups -OCH3 is 1. The fourth-order valence-corrected chi connectivity index (χ4v) is 5.01. The van der Waals surface area contributed by atoms with Crippen LogP contribution < -0.4 is 5.32 Å². The van der Waals surface area contributed by atoms with Crippen molar-refractivity contribution in [3.8, 4) is 0 Å². The van der Waals surface area contributed by atoms with E-state index >= 15 is 0 Å². The SMILES string of the molecule is CCCCCCCCCCCC/C=C\C(SCC(NC(=O)C(F)(F)F)C(=O)N(C)C(=O)OC)C(O)CCC(=O)O. The molecule has 0 bridgehead atoms. The van der Waals surface area contributed by atoms with Gasteiger partial charge in [-0.05, 0) is 19.3 Å². The predicted octanol–water partition coefficient (Wildman–Crippen LogP) is 5.45. The van der Waals surface area contributed by atoms with Gasteiger partial charge in [0.1, 0.15) is 6.04 Å². The molecule has 0 aromatic rings. The van der Waals surface area contributed by atoms with E-state index in [-0.39, 0.29) is 12.8 Å². The molecule has 0 aromatic heterocycles. The summed E-state index contributed by atoms with van der Waals surface area (Å²) in [6, 6.07) is -1.76. The van der Waals surface area contributed by atoms with Crippen molar-refractivity contribution in [3.63, 3.8) is 0 Å². The Morgan fingerprint density at radius 2 is 1.55 bits per heavy atom. The first-order valence-electron chi connectivity index (χ1n) is 13.8. The molecule has 232 valence electrons. The van der Waals surface area contributed by atoms with Gasteiger partial charge < -0.3 is 20.3 Å². The van der Waals surface area contributed by atoms with Gasteiger partial charge in [0.2, 0.25) is 0 Å². The summed E-state index contributed by atoms with van der Waals surface area (Å²) in [5, 5.41) is 20.3. The number of carbonyl (C=O) groups is 4. The number of carboxylic acid groups (broad SMARTS) is 1. The fraction of sp³-hybridized carbons (Fsp3) is 0.778. The van der Waals surface area contributed by atoms with Crippen molar-refractivity contribution in [3.05, 3.63) is 12.2 Å². The average Bonchev–Trinajstić information content (AvgIpc) is 2.90. The smallest absolute Gasteiger partial charge is 0.471 e. The maximum Gasteiger partial charge on any atom is 0.471 e. The first-order chi connectivity index (χ1) is 18.8. The van der Waals surface area contributed by atoms with Crippen molar-refractivity contribution in [2.24, 2.45) is 0 Å². The third-order valence-electron chi connectivity index (χ3n) is 6.18. The zero-order valence-corrected chi connectivity index (χ0v) is 24.5. The van der Waals surface area contributed by atoms with Crippen molar-refractivity contribution in [1.82, 2.24) is 10.2 Å². The van der Waals surface area contributed by atoms with Crippen molar-refractivity contribution in [2.75, 3.05) is 19.9 Å². The molecule has 9 nitrogen and oxygen atoms in total. The molecule has 0 heterocycles. The van der Waals surface area contributed by atoms with Crippen molar-refractivity contribution < 1.29 is 47.3 Å². The number of amides is 3. The predicted molar refractivity (Wildman–Crippen MR) is 148 cm³/mol. The van der Waals surface area contributed by atoms with Crippen LogP contribution in [-0.4, -0.2) is 82.5 Å². The number of aliphatic hydroxyl groups excluding tert-OH is 1. The van der Waals surface area contributed by atoms with E-state index in [0.29, 0.717) is 11.3 Å². The fourth-order valence-electron chi connectivity index (χ4n) is 3.79. The topological polar surface area (TPSA) is 133 Å². The lowest BCUT2D eigenvalue weighted by molar-refractivity contribution is -0.174. The van der Waals surface area contributed by atoms with Crippen LogP contribution in [0, 0.1) is 0 Å². The summed E-state index contributed by atoms with van der Waals surface area (Å²) >= 11 is 0.879. The zero-order chi connectivity index (χ0) is 30.6. The summed E-state index contributed by atoms with van der Waals surface area (Å²) in [6.07, 6.45) is 7.86. The van der Waals surface area contributed by atoms with Gasteiger partial charge in [0.15, 0.2) is 0 Å². The number of imide groups is 1. The number of nitrogens with one attached hydrogen (secondary N) is 1. The monoisotopic (exact) mass is 598 g/mol. The summed E-state index contributed by atoms with van der Waals surface area (Å²) in [7, 11) is 1.98. The number of nitrogens with zero attached hydrogens (tertiary/aromatic N) is 1. The van der Waals surface area contributed by atoms with Crippen LogP contribution in [0.15, 0.2) is 12.2 Å². The third kappa shape index (κ3) is 17.4. The van der Waals surface area contributed by atoms with Gasteiger partial charge >= 0.3 is 24.1 Å². The van der Waals surface area contributed by atoms with E-state index in [4.69, 9.17) is 5.11 Å². The first kappa shape index (κ1) is 37.7. The largest absolute Gasteiger partial charge is 0.481 e. The standard InChI is InChI=1S/C27H45F3N2O7S/c1-4-5-6-7-8-9-10-11-12-13-14-15-16-22(21(33)17-18-23(34)35)40-19-20(31-25(37)27(28,29)30)24(36)32(2)26(38)39-3/h15-16,20-22,33H,4-14,17-19H2,1-3H3,(H,31,37)(H,34,35)/b16-15-. The Morgan fingerprint density at radius 1 is 1.00 bits per heavy atom. The molecule has 40 heavy (non-hydrogen) atoms. The van der Waals surface area contributed by atoms with Gasteiger partial charge in [-0.25, -0.2) is 9.69 Å². The number of likely N-dealkylation sites (N-methyl/N-ethyl adjacent to an activating group) is 1. The lowest BCUT2D eigenvalue weighted by Crippen LogP contribution is -2.53. The van der Waals surface area contributed by atoms with Gasteiger partial charge in [0, 0.05) is 24.5 Å². The van der Waals surface area contributed by atoms with Crippen molar-refractivity contribution >= 4 is 35.6 Å². The number of hydrogen-bond acceptors (Lipinski definition) is 7. The number of thioether (sulfide) groups is 1. The Labute approximate surface area is 239 Å². The molecule has 0 fully saturated rings. The van der Waals surface area contributed by atoms with Gasteiger partial charge in [-0.15, -0.1) is 11.8 Å².